The van der Waals surface area contributed by atoms with E-state index in [9.17, 15) is 8.22 Å². The Morgan fingerprint density at radius 3 is 0.667 bits per heavy atom. The van der Waals surface area contributed by atoms with Crippen molar-refractivity contribution in [1.82, 2.24) is 29.4 Å². The SMILES string of the molecule is [2H]c1c([2H])c(OC)c([2H])c2c1C[C@@H]1N(C([2H])([2H])[2H])C([2H])([2H])C([2H])([2H])[C@]23C([2H])([2H])C([2H])([2H])C([2H])(C)C([2H])([2H])[C@]13[2H].[2H]c1c([2H])c(OC)c([2H])c2c1C[C@@H]1N(C([2H])([2H])[2H])C([2H])([2H])C([2H])([2H])[C@]23C([2H])([2H])C([2H])([2H])C([2H])(C)C([2H])([2H])[C@]13[2H].[2H]c1c([2H])c2c(c([2H])c1OC)[C@@]13C([2H])([2H])C([2H])([2H])N(C([2H])([2H])[2H])[C@@H](C2([2H])[2H])[C@@]1([2H])C([2H])([2H])C([2H])(C)C([2H])([2H])C3([2H])[2H].[2H]c1c([2H])c2c(c([2H])c1OC)[C@@]13C([2H])([2H])C([2H])([2H])N(C([2H])([2H])[2H])[C@@H](C2([2H])[2H])[C@@]1([2H])C([2H])([2H])C([2H])(C)C([2H])([2H])C3([2H])[2H].[2H]c1c([2H])c2c(c([2H])c1OC)[C@@]13C([2H])([2H])C([2H])([2H])N(C)[C@@H](C2([2H])[2H])[C@@]1([2H])C([2H])([2H])C([2H])(C)C([2H])([2H])C3([2H])[2H].[2H]c1c([2H])c2c(c([2H])c1OC)[C@@]13C([2H])([2H])C([2H])([2H])N(C)[C@@H](C2([2H])[2H])[C@@]1([2H])C([2H])([2H])C([2H])(C)C([2H])([2H])C3([2H])[2H]. The number of nitrogens with zero attached hydrogens (tertiary/aromatic N) is 6. The van der Waals surface area contributed by atoms with Gasteiger partial charge >= 0.3 is 0 Å². The van der Waals surface area contributed by atoms with Gasteiger partial charge in [-0.05, 0) is 482 Å². The van der Waals surface area contributed by atoms with Crippen LogP contribution >= 0.6 is 0 Å². The first kappa shape index (κ1) is 27.6. The van der Waals surface area contributed by atoms with E-state index in [-0.39, 0.29) is 9.80 Å². The maximum atomic E-state index is 9.68. The Morgan fingerprint density at radius 1 is 0.270 bits per heavy atom. The third kappa shape index (κ3) is 15.4. The van der Waals surface area contributed by atoms with Crippen molar-refractivity contribution in [2.24, 2.45) is 70.7 Å². The van der Waals surface area contributed by atoms with Crippen molar-refractivity contribution in [3.63, 3.8) is 0 Å². The molecule has 0 spiro atoms. The van der Waals surface area contributed by atoms with Crippen LogP contribution in [0.15, 0.2) is 109 Å². The van der Waals surface area contributed by atoms with Gasteiger partial charge in [-0.15, -0.1) is 0 Å². The van der Waals surface area contributed by atoms with Crippen LogP contribution in [0.3, 0.4) is 0 Å². The lowest BCUT2D eigenvalue weighted by Gasteiger charge is -2.59. The lowest BCUT2D eigenvalue weighted by molar-refractivity contribution is -0.0112. The van der Waals surface area contributed by atoms with Gasteiger partial charge in [-0.1, -0.05) is 77.8 Å². The molecule has 12 heteroatoms. The van der Waals surface area contributed by atoms with Gasteiger partial charge in [-0.25, -0.2) is 0 Å². The summed E-state index contributed by atoms with van der Waals surface area (Å²) in [6.07, 6.45) is -107. The average molecular weight is 1820 g/mol. The number of hydrogen-bond acceptors (Lipinski definition) is 12. The predicted octanol–water partition coefficient (Wildman–Crippen LogP) is 21.8. The summed E-state index contributed by atoms with van der Waals surface area (Å²) >= 11 is 0. The first-order valence-corrected chi connectivity index (χ1v) is 39.3. The molecule has 24 atom stereocenters. The fourth-order valence-electron chi connectivity index (χ4n) is 17.1. The number of rotatable bonds is 6. The van der Waals surface area contributed by atoms with Crippen LogP contribution in [0.1, 0.15) is 412 Å². The molecule has 6 saturated carbocycles. The number of benzene rings is 6. The summed E-state index contributed by atoms with van der Waals surface area (Å²) in [5, 5.41) is 0. The van der Waals surface area contributed by atoms with E-state index in [4.69, 9.17) is 171 Å². The fourth-order valence-corrected chi connectivity index (χ4v) is 17.1. The Hall–Kier alpha value is -6.12. The quantitative estimate of drug-likeness (QED) is 0.159. The molecule has 6 aliphatic heterocycles. The Labute approximate surface area is 916 Å². The second-order valence-corrected chi connectivity index (χ2v) is 30.9. The lowest BCUT2D eigenvalue weighted by Crippen LogP contribution is -2.60. The molecular formula is C114H162N6O6. The number of methoxy groups -OCH3 is 6. The Kier molecular flexibility index (Phi) is 7.76. The van der Waals surface area contributed by atoms with E-state index in [2.05, 4.69) is 0 Å². The van der Waals surface area contributed by atoms with Crippen molar-refractivity contribution in [2.45, 2.75) is 302 Å². The van der Waals surface area contributed by atoms with E-state index >= 15 is 0 Å². The molecule has 0 radical (unpaired) electrons. The van der Waals surface area contributed by atoms with Crippen molar-refractivity contribution in [3.05, 3.63) is 176 Å². The van der Waals surface area contributed by atoms with E-state index in [0.29, 0.717) is 51.3 Å². The van der Waals surface area contributed by atoms with Crippen LogP contribution in [-0.4, -0.2) is 189 Å². The number of ether oxygens (including phenoxy) is 6. The molecule has 0 N–H and O–H groups in total. The smallest absolute Gasteiger partial charge is 0.119 e. The van der Waals surface area contributed by atoms with E-state index in [0.717, 1.165) is 56.8 Å². The molecule has 12 bridgehead atoms. The number of hydrogen-bond donors (Lipinski definition) is 0. The minimum atomic E-state index is -4.19. The third-order valence-corrected chi connectivity index (χ3v) is 23.2. The molecule has 12 aliphatic carbocycles. The molecule has 18 aliphatic rings. The number of likely N-dealkylation sites (N-methyl/N-ethyl adjacent to an activating group) is 6. The lowest BCUT2D eigenvalue weighted by atomic mass is 9.51. The van der Waals surface area contributed by atoms with Crippen molar-refractivity contribution in [2.75, 3.05) is 124 Å². The van der Waals surface area contributed by atoms with Gasteiger partial charge in [0.25, 0.3) is 0 Å². The maximum Gasteiger partial charge on any atom is 0.119 e. The van der Waals surface area contributed by atoms with Crippen LogP contribution in [0.25, 0.3) is 0 Å². The molecule has 6 aromatic rings. The molecular weight excluding hydrogens is 1550 g/mol. The first-order chi connectivity index (χ1) is 104. The maximum absolute atomic E-state index is 9.68. The van der Waals surface area contributed by atoms with Gasteiger partial charge in [0.2, 0.25) is 0 Å². The Bertz CT molecular complexity index is 10100. The second kappa shape index (κ2) is 35.4. The number of piperidine rings is 6. The monoisotopic (exact) mass is 1820 g/mol. The molecule has 6 saturated heterocycles. The van der Waals surface area contributed by atoms with Gasteiger partial charge in [0, 0.05) is 195 Å². The van der Waals surface area contributed by atoms with Gasteiger partial charge in [0.05, 0.1) is 67.3 Å². The summed E-state index contributed by atoms with van der Waals surface area (Å²) in [6, 6.07) is -33.0. The largest absolute Gasteiger partial charge is 0.497 e. The molecule has 684 valence electrons. The van der Waals surface area contributed by atoms with E-state index < -0.39 is 617 Å². The van der Waals surface area contributed by atoms with Gasteiger partial charge < -0.3 is 57.8 Å². The highest BCUT2D eigenvalue weighted by Gasteiger charge is 2.61. The highest BCUT2D eigenvalue weighted by molar-refractivity contribution is 5.52. The molecule has 12 fully saturated rings. The molecule has 0 amide bonds. The summed E-state index contributed by atoms with van der Waals surface area (Å²) < 4.78 is 999. The number of likely N-dealkylation sites (tertiary alicyclic amines) is 6. The third-order valence-electron chi connectivity index (χ3n) is 23.2. The van der Waals surface area contributed by atoms with Gasteiger partial charge in [-0.2, -0.15) is 0 Å². The van der Waals surface area contributed by atoms with Crippen molar-refractivity contribution in [1.29, 1.82) is 0 Å². The zero-order valence-corrected chi connectivity index (χ0v) is 70.0. The summed E-state index contributed by atoms with van der Waals surface area (Å²) in [5.41, 5.74) is -34.8. The highest BCUT2D eigenvalue weighted by Crippen LogP contribution is 2.64. The minimum absolute atomic E-state index is 0.0595. The highest BCUT2D eigenvalue weighted by atomic mass is 16.5. The van der Waals surface area contributed by atoms with Gasteiger partial charge in [0.1, 0.15) is 34.5 Å². The van der Waals surface area contributed by atoms with Crippen LogP contribution in [0.4, 0.5) is 0 Å². The Morgan fingerprint density at radius 2 is 0.452 bits per heavy atom. The van der Waals surface area contributed by atoms with Gasteiger partial charge in [0.15, 0.2) is 0 Å². The molecule has 0 aromatic heterocycles. The average Bonchev–Trinajstić information content (AvgIpc) is 0.577. The second-order valence-electron chi connectivity index (χ2n) is 30.9. The van der Waals surface area contributed by atoms with E-state index in [1.165, 1.54) is 0 Å². The first-order valence-electron chi connectivity index (χ1n) is 94.3. The zero-order valence-electron chi connectivity index (χ0n) is 180. The molecule has 126 heavy (non-hydrogen) atoms. The summed E-state index contributed by atoms with van der Waals surface area (Å²) in [7, 11) is 7.49. The van der Waals surface area contributed by atoms with Crippen LogP contribution in [0.5, 0.6) is 34.5 Å². The Balaban J connectivity index is 0.000000164. The fraction of sp³-hybridized carbons (Fsp3) is 0.684. The van der Waals surface area contributed by atoms with Crippen molar-refractivity contribution >= 4 is 0 Å². The normalized spacial score (nSPS) is 72.3. The zero-order chi connectivity index (χ0) is 185. The van der Waals surface area contributed by atoms with Crippen LogP contribution < -0.4 is 28.4 Å². The molecule has 6 aromatic carbocycles. The molecule has 6 unspecified atom stereocenters. The van der Waals surface area contributed by atoms with Crippen LogP contribution in [0.2, 0.25) is 0 Å². The molecule has 12 nitrogen and oxygen atoms in total. The molecule has 6 heterocycles. The van der Waals surface area contributed by atoms with E-state index in [1.54, 1.807) is 0 Å². The minimum Gasteiger partial charge on any atom is -0.497 e. The molecule has 24 rings (SSSR count). The van der Waals surface area contributed by atoms with Crippen molar-refractivity contribution in [3.8, 4) is 34.5 Å². The van der Waals surface area contributed by atoms with Gasteiger partial charge in [-0.3, -0.25) is 0 Å². The summed E-state index contributed by atoms with van der Waals surface area (Å²) in [5.74, 6) is -45.8. The van der Waals surface area contributed by atoms with Crippen molar-refractivity contribution < 1.29 is 179 Å². The summed E-state index contributed by atoms with van der Waals surface area (Å²) in [6.45, 7) is -33.2. The predicted molar refractivity (Wildman–Crippen MR) is 515 cm³/mol. The van der Waals surface area contributed by atoms with Crippen LogP contribution in [0, 0.1) is 70.7 Å². The van der Waals surface area contributed by atoms with E-state index in [1.807, 2.05) is 0 Å². The van der Waals surface area contributed by atoms with Crippen LogP contribution in [-0.2, 0) is 70.8 Å². The topological polar surface area (TPSA) is 74.8 Å². The standard InChI is InChI=1S/6C19H27NO/c6*1-13-6-7-19-8-9-20(2)18(17(19)10-13)11-14-4-5-15(21-3)12-16(14)19/h6*4-5,12-13,17-18H,6-11H2,1-3H3/t6*13?,17-,18+,19-/m111111/s1/i2*2D3,4D,5D,6D2,7D2,8D2,9D2,10D2,11D2,12D,13D,17D;2*4D,5D,6D2,7D2,8D2,9D2,10D2,11D2,12D,13D,17D;2*2D3,4D,5D,6D2,7D2,8D2,9D2,10D2,12D,13D,17D. The number of fused-ring (bicyclic) bond motifs is 6. The summed E-state index contributed by atoms with van der Waals surface area (Å²) in [4.78, 5) is -0.121.